The van der Waals surface area contributed by atoms with Crippen LogP contribution in [0.25, 0.3) is 69.1 Å². The van der Waals surface area contributed by atoms with Crippen molar-refractivity contribution in [3.63, 3.8) is 0 Å². The smallest absolute Gasteiger partial charge is 0.759 e. The molecule has 0 atom stereocenters. The molecule has 8 aromatic heterocycles. The van der Waals surface area contributed by atoms with Crippen LogP contribution in [-0.2, 0) is 64.7 Å². The largest absolute Gasteiger partial charge is 2.00 e. The van der Waals surface area contributed by atoms with Crippen LogP contribution in [0, 0.1) is 0 Å². The summed E-state index contributed by atoms with van der Waals surface area (Å²) in [5.74, 6) is 2.96. The van der Waals surface area contributed by atoms with Gasteiger partial charge in [-0.2, -0.15) is 0 Å². The molecule has 8 aromatic rings. The van der Waals surface area contributed by atoms with Crippen LogP contribution in [0.3, 0.4) is 0 Å². The molecular weight excluding hydrogens is 1040 g/mol. The van der Waals surface area contributed by atoms with Crippen molar-refractivity contribution in [2.75, 3.05) is 0 Å². The van der Waals surface area contributed by atoms with Gasteiger partial charge in [-0.25, -0.2) is 29.9 Å². The van der Waals surface area contributed by atoms with Crippen molar-refractivity contribution in [2.24, 2.45) is 0 Å². The molecule has 0 unspecified atom stereocenters. The molecule has 0 spiro atoms. The normalized spacial score (nSPS) is 9.12. The Labute approximate surface area is 406 Å². The Bertz CT molecular complexity index is 2280. The van der Waals surface area contributed by atoms with E-state index in [2.05, 4.69) is 59.8 Å². The van der Waals surface area contributed by atoms with Crippen LogP contribution >= 0.6 is 0 Å². The SMILES string of the molecule is O.O.O.O.O.O.O=S(=O)([O-])[O-].O=S(=O)([O-])[O-].[Ni+2].[Ni+2].[OH3+].[OH3+].c1ccc(-c2nc(-c3ccccn3)nc(-c3ccccn3)n2)nc1.c1ccc(-c2nc(-c3ccccn3)nc(-c3ccccn3)n2)nc1. The Morgan fingerprint density at radius 1 is 0.279 bits per heavy atom. The van der Waals surface area contributed by atoms with Gasteiger partial charge < -0.3 is 62.0 Å². The first kappa shape index (κ1) is 72.9. The van der Waals surface area contributed by atoms with Crippen LogP contribution in [0.5, 0.6) is 0 Å². The summed E-state index contributed by atoms with van der Waals surface area (Å²) in [7, 11) is -10.3. The monoisotopic (exact) mass is 1080 g/mol. The maximum absolute atomic E-state index is 8.52. The average molecular weight is 1080 g/mol. The summed E-state index contributed by atoms with van der Waals surface area (Å²) in [5.41, 5.74) is 4.05. The second kappa shape index (κ2) is 35.5. The molecule has 28 nitrogen and oxygen atoms in total. The molecule has 18 N–H and O–H groups in total. The minimum atomic E-state index is -5.17. The zero-order chi connectivity index (χ0) is 41.4. The first-order chi connectivity index (χ1) is 27.8. The van der Waals surface area contributed by atoms with Crippen LogP contribution in [0.2, 0.25) is 0 Å². The third-order valence-electron chi connectivity index (χ3n) is 6.63. The summed E-state index contributed by atoms with van der Waals surface area (Å²) in [6.45, 7) is 0. The summed E-state index contributed by atoms with van der Waals surface area (Å²) in [6.07, 6.45) is 10.3. The van der Waals surface area contributed by atoms with Crippen molar-refractivity contribution >= 4 is 20.8 Å². The van der Waals surface area contributed by atoms with E-state index in [0.29, 0.717) is 69.1 Å². The standard InChI is InChI=1S/2C18H12N6.2Ni.2H2O4S.8H2O/c2*1-4-10-19-13(7-1)16-22-17(14-8-2-5-11-20-14)24-18(23-16)15-9-3-6-12-21-15;;;2*1-5(2,3)4;;;;;;;;/h2*1-12H;;;2*(H2,1,2,3,4);8*1H2/q;;2*+2;;;;;;;;;;/p-2. The first-order valence-electron chi connectivity index (χ1n) is 16.1. The molecule has 0 saturated heterocycles. The minimum absolute atomic E-state index is 0. The van der Waals surface area contributed by atoms with Crippen LogP contribution in [-0.4, -0.2) is 128 Å². The summed E-state index contributed by atoms with van der Waals surface area (Å²) < 4.78 is 68.2. The molecule has 8 heterocycles. The van der Waals surface area contributed by atoms with Crippen molar-refractivity contribution in [3.8, 4) is 69.1 Å². The van der Waals surface area contributed by atoms with E-state index < -0.39 is 20.8 Å². The molecule has 0 radical (unpaired) electrons. The molecular formula is C36H42N12Ni2O16S2+2. The van der Waals surface area contributed by atoms with Gasteiger partial charge in [0.1, 0.15) is 34.2 Å². The van der Waals surface area contributed by atoms with Gasteiger partial charge in [0, 0.05) is 58.0 Å². The number of nitrogens with zero attached hydrogens (tertiary/aromatic N) is 12. The van der Waals surface area contributed by atoms with Gasteiger partial charge in [0.25, 0.3) is 0 Å². The fourth-order valence-electron chi connectivity index (χ4n) is 4.41. The van der Waals surface area contributed by atoms with E-state index in [0.717, 1.165) is 0 Å². The van der Waals surface area contributed by atoms with E-state index in [1.165, 1.54) is 0 Å². The molecule has 0 aliphatic heterocycles. The first-order valence-corrected chi connectivity index (χ1v) is 18.8. The van der Waals surface area contributed by atoms with Crippen LogP contribution < -0.4 is 0 Å². The topological polar surface area (TPSA) is 570 Å². The van der Waals surface area contributed by atoms with Crippen LogP contribution in [0.4, 0.5) is 0 Å². The second-order valence-corrected chi connectivity index (χ2v) is 12.4. The predicted molar refractivity (Wildman–Crippen MR) is 231 cm³/mol. The van der Waals surface area contributed by atoms with Crippen LogP contribution in [0.1, 0.15) is 0 Å². The summed E-state index contributed by atoms with van der Waals surface area (Å²) >= 11 is 0. The maximum atomic E-state index is 8.52. The predicted octanol–water partition coefficient (Wildman–Crippen LogP) is -3.36. The van der Waals surface area contributed by atoms with Crippen molar-refractivity contribution in [1.82, 2.24) is 59.8 Å². The van der Waals surface area contributed by atoms with Gasteiger partial charge in [-0.15, -0.1) is 0 Å². The van der Waals surface area contributed by atoms with E-state index in [1.807, 2.05) is 109 Å². The summed E-state index contributed by atoms with van der Waals surface area (Å²) in [6, 6.07) is 33.6. The molecule has 0 amide bonds. The molecule has 0 bridgehead atoms. The number of hydrogen-bond acceptors (Lipinski definition) is 20. The number of hydrogen-bond donors (Lipinski definition) is 0. The Morgan fingerprint density at radius 3 is 0.485 bits per heavy atom. The average Bonchev–Trinajstić information content (AvgIpc) is 3.24. The van der Waals surface area contributed by atoms with Gasteiger partial charge in [0.15, 0.2) is 34.9 Å². The molecule has 32 heteroatoms. The number of rotatable bonds is 6. The molecule has 0 saturated carbocycles. The van der Waals surface area contributed by atoms with E-state index in [9.17, 15) is 0 Å². The summed E-state index contributed by atoms with van der Waals surface area (Å²) in [4.78, 5) is 53.1. The van der Waals surface area contributed by atoms with Crippen LogP contribution in [0.15, 0.2) is 146 Å². The van der Waals surface area contributed by atoms with Gasteiger partial charge in [0.2, 0.25) is 0 Å². The third-order valence-corrected chi connectivity index (χ3v) is 6.63. The Balaban J connectivity index is -0.000000210. The molecule has 68 heavy (non-hydrogen) atoms. The zero-order valence-corrected chi connectivity index (χ0v) is 37.7. The van der Waals surface area contributed by atoms with Gasteiger partial charge in [0.05, 0.1) is 0 Å². The van der Waals surface area contributed by atoms with Crippen molar-refractivity contribution < 1.29 is 112 Å². The minimum Gasteiger partial charge on any atom is -0.759 e. The molecule has 0 fully saturated rings. The fraction of sp³-hybridized carbons (Fsp3) is 0. The number of pyridine rings is 6. The maximum Gasteiger partial charge on any atom is 2.00 e. The van der Waals surface area contributed by atoms with E-state index in [-0.39, 0.29) is 76.8 Å². The molecule has 372 valence electrons. The number of aromatic nitrogens is 12. The molecule has 0 aliphatic rings. The van der Waals surface area contributed by atoms with Crippen molar-refractivity contribution in [1.29, 1.82) is 0 Å². The quantitative estimate of drug-likeness (QED) is 0.0679. The van der Waals surface area contributed by atoms with Crippen molar-refractivity contribution in [2.45, 2.75) is 0 Å². The Hall–Kier alpha value is -6.67. The molecule has 0 aromatic carbocycles. The Morgan fingerprint density at radius 2 is 0.397 bits per heavy atom. The van der Waals surface area contributed by atoms with Gasteiger partial charge in [-0.05, 0) is 72.8 Å². The molecule has 0 aliphatic carbocycles. The zero-order valence-electron chi connectivity index (χ0n) is 34.1. The van der Waals surface area contributed by atoms with Gasteiger partial charge in [-0.1, -0.05) is 36.4 Å². The summed E-state index contributed by atoms with van der Waals surface area (Å²) in [5, 5.41) is 0. The fourth-order valence-corrected chi connectivity index (χ4v) is 4.41. The van der Waals surface area contributed by atoms with Crippen molar-refractivity contribution in [3.05, 3.63) is 146 Å². The third kappa shape index (κ3) is 25.3. The van der Waals surface area contributed by atoms with E-state index in [4.69, 9.17) is 35.0 Å². The molecule has 8 rings (SSSR count). The van der Waals surface area contributed by atoms with E-state index in [1.54, 1.807) is 37.2 Å². The van der Waals surface area contributed by atoms with E-state index >= 15 is 0 Å². The van der Waals surface area contributed by atoms with Gasteiger partial charge >= 0.3 is 33.0 Å². The van der Waals surface area contributed by atoms with Gasteiger partial charge in [-0.3, -0.25) is 46.7 Å². The second-order valence-electron chi connectivity index (χ2n) is 10.7. The Kier molecular flexibility index (Phi) is 38.1.